The lowest BCUT2D eigenvalue weighted by atomic mass is 10.1. The molecule has 0 heterocycles. The Balaban J connectivity index is 2.00. The van der Waals surface area contributed by atoms with Crippen LogP contribution in [0.15, 0.2) is 70.8 Å². The van der Waals surface area contributed by atoms with Gasteiger partial charge in [0.1, 0.15) is 5.70 Å². The number of hydrogen-bond donors (Lipinski definition) is 2. The molecule has 0 atom stereocenters. The molecule has 3 aromatic carbocycles. The van der Waals surface area contributed by atoms with Crippen molar-refractivity contribution in [3.05, 3.63) is 113 Å². The summed E-state index contributed by atoms with van der Waals surface area (Å²) in [6.07, 6.45) is 1.25. The number of halogens is 2. The van der Waals surface area contributed by atoms with Crippen molar-refractivity contribution < 1.29 is 19.4 Å². The molecule has 2 amide bonds. The van der Waals surface area contributed by atoms with Crippen molar-refractivity contribution in [2.24, 2.45) is 0 Å². The van der Waals surface area contributed by atoms with E-state index >= 15 is 0 Å². The van der Waals surface area contributed by atoms with Gasteiger partial charge < -0.3 is 10.6 Å². The number of nitrogens with zero attached hydrogens (tertiary/aromatic N) is 2. The summed E-state index contributed by atoms with van der Waals surface area (Å²) in [5.74, 6) is -1.61. The molecule has 178 valence electrons. The predicted molar refractivity (Wildman–Crippen MR) is 134 cm³/mol. The number of carbonyl (C=O) groups is 2. The number of rotatable bonds is 7. The van der Waals surface area contributed by atoms with Crippen LogP contribution in [0.4, 0.5) is 17.1 Å². The molecule has 35 heavy (non-hydrogen) atoms. The fourth-order valence-electron chi connectivity index (χ4n) is 2.96. The maximum Gasteiger partial charge on any atom is 0.272 e. The maximum absolute atomic E-state index is 13.1. The van der Waals surface area contributed by atoms with E-state index in [0.29, 0.717) is 5.69 Å². The molecular formula is C23H16BrClN4O6. The molecule has 0 saturated heterocycles. The second-order valence-electron chi connectivity index (χ2n) is 7.20. The lowest BCUT2D eigenvalue weighted by molar-refractivity contribution is -0.385. The summed E-state index contributed by atoms with van der Waals surface area (Å²) in [4.78, 5) is 46.9. The summed E-state index contributed by atoms with van der Waals surface area (Å²) < 4.78 is 0.830. The van der Waals surface area contributed by atoms with E-state index in [1.807, 2.05) is 6.92 Å². The molecule has 2 N–H and O–H groups in total. The van der Waals surface area contributed by atoms with E-state index in [-0.39, 0.29) is 33.2 Å². The molecular weight excluding hydrogens is 544 g/mol. The third-order valence-electron chi connectivity index (χ3n) is 4.71. The van der Waals surface area contributed by atoms with Gasteiger partial charge in [-0.1, -0.05) is 39.7 Å². The zero-order chi connectivity index (χ0) is 25.7. The summed E-state index contributed by atoms with van der Waals surface area (Å²) in [6, 6.07) is 13.8. The summed E-state index contributed by atoms with van der Waals surface area (Å²) in [7, 11) is 0. The second kappa shape index (κ2) is 10.9. The molecule has 10 nitrogen and oxygen atoms in total. The molecule has 0 aliphatic rings. The van der Waals surface area contributed by atoms with E-state index in [4.69, 9.17) is 11.6 Å². The maximum atomic E-state index is 13.1. The number of benzene rings is 3. The molecule has 0 aliphatic heterocycles. The summed E-state index contributed by atoms with van der Waals surface area (Å²) in [6.45, 7) is 1.83. The Hall–Kier alpha value is -4.09. The number of hydrogen-bond acceptors (Lipinski definition) is 6. The Bertz CT molecular complexity index is 1390. The number of amides is 2. The summed E-state index contributed by atoms with van der Waals surface area (Å²) in [5, 5.41) is 27.2. The summed E-state index contributed by atoms with van der Waals surface area (Å²) in [5.41, 5.74) is 0.481. The first-order valence-electron chi connectivity index (χ1n) is 9.84. The number of aryl methyl sites for hydroxylation is 1. The molecule has 12 heteroatoms. The molecule has 0 spiro atoms. The van der Waals surface area contributed by atoms with E-state index < -0.39 is 21.7 Å². The Morgan fingerprint density at radius 3 is 2.31 bits per heavy atom. The van der Waals surface area contributed by atoms with Gasteiger partial charge in [0.2, 0.25) is 0 Å². The van der Waals surface area contributed by atoms with E-state index in [1.165, 1.54) is 36.4 Å². The Kier molecular flexibility index (Phi) is 7.94. The van der Waals surface area contributed by atoms with Gasteiger partial charge in [0.25, 0.3) is 23.2 Å². The SMILES string of the molecule is Cc1cc(NC(=O)C(=Cc2cccc([N+](=O)[O-])c2)NC(=O)c2cc([N+](=O)[O-])ccc2Cl)ccc1Br. The average Bonchev–Trinajstić information content (AvgIpc) is 2.81. The van der Waals surface area contributed by atoms with Crippen molar-refractivity contribution in [3.8, 4) is 0 Å². The van der Waals surface area contributed by atoms with Gasteiger partial charge in [-0.3, -0.25) is 29.8 Å². The number of nitrogens with one attached hydrogen (secondary N) is 2. The van der Waals surface area contributed by atoms with Crippen LogP contribution in [-0.2, 0) is 4.79 Å². The van der Waals surface area contributed by atoms with E-state index in [9.17, 15) is 29.8 Å². The minimum atomic E-state index is -0.877. The smallest absolute Gasteiger partial charge is 0.272 e. The van der Waals surface area contributed by atoms with Crippen LogP contribution in [0.25, 0.3) is 6.08 Å². The van der Waals surface area contributed by atoms with Crippen LogP contribution in [0, 0.1) is 27.2 Å². The Labute approximate surface area is 212 Å². The lowest BCUT2D eigenvalue weighted by Gasteiger charge is -2.13. The monoisotopic (exact) mass is 558 g/mol. The molecule has 0 aliphatic carbocycles. The van der Waals surface area contributed by atoms with Crippen LogP contribution in [0.1, 0.15) is 21.5 Å². The van der Waals surface area contributed by atoms with Crippen molar-refractivity contribution in [1.82, 2.24) is 5.32 Å². The van der Waals surface area contributed by atoms with Crippen LogP contribution in [0.2, 0.25) is 5.02 Å². The largest absolute Gasteiger partial charge is 0.321 e. The third-order valence-corrected chi connectivity index (χ3v) is 5.93. The van der Waals surface area contributed by atoms with Crippen molar-refractivity contribution in [1.29, 1.82) is 0 Å². The first-order chi connectivity index (χ1) is 16.5. The number of nitro groups is 2. The zero-order valence-electron chi connectivity index (χ0n) is 18.0. The highest BCUT2D eigenvalue weighted by molar-refractivity contribution is 9.10. The molecule has 0 radical (unpaired) electrons. The molecule has 0 bridgehead atoms. The van der Waals surface area contributed by atoms with Crippen molar-refractivity contribution in [2.75, 3.05) is 5.32 Å². The van der Waals surface area contributed by atoms with E-state index in [0.717, 1.165) is 22.2 Å². The molecule has 0 saturated carbocycles. The van der Waals surface area contributed by atoms with Crippen molar-refractivity contribution >= 4 is 62.5 Å². The molecule has 3 aromatic rings. The second-order valence-corrected chi connectivity index (χ2v) is 8.47. The van der Waals surface area contributed by atoms with Gasteiger partial charge in [-0.25, -0.2) is 0 Å². The van der Waals surface area contributed by atoms with Crippen LogP contribution in [0.3, 0.4) is 0 Å². The number of carbonyl (C=O) groups excluding carboxylic acids is 2. The third kappa shape index (κ3) is 6.49. The highest BCUT2D eigenvalue weighted by Gasteiger charge is 2.20. The summed E-state index contributed by atoms with van der Waals surface area (Å²) >= 11 is 9.43. The minimum absolute atomic E-state index is 0.0632. The number of anilines is 1. The van der Waals surface area contributed by atoms with Gasteiger partial charge in [0.15, 0.2) is 0 Å². The van der Waals surface area contributed by atoms with Gasteiger partial charge >= 0.3 is 0 Å². The van der Waals surface area contributed by atoms with Gasteiger partial charge in [-0.05, 0) is 48.4 Å². The van der Waals surface area contributed by atoms with Crippen LogP contribution < -0.4 is 10.6 Å². The molecule has 3 rings (SSSR count). The highest BCUT2D eigenvalue weighted by atomic mass is 79.9. The van der Waals surface area contributed by atoms with Crippen LogP contribution in [0.5, 0.6) is 0 Å². The van der Waals surface area contributed by atoms with Crippen molar-refractivity contribution in [3.63, 3.8) is 0 Å². The topological polar surface area (TPSA) is 144 Å². The van der Waals surface area contributed by atoms with Crippen molar-refractivity contribution in [2.45, 2.75) is 6.92 Å². The molecule has 0 aromatic heterocycles. The number of non-ortho nitro benzene ring substituents is 2. The lowest BCUT2D eigenvalue weighted by Crippen LogP contribution is -2.31. The Morgan fingerprint density at radius 1 is 0.971 bits per heavy atom. The van der Waals surface area contributed by atoms with Gasteiger partial charge in [-0.15, -0.1) is 0 Å². The average molecular weight is 560 g/mol. The van der Waals surface area contributed by atoms with E-state index in [2.05, 4.69) is 26.6 Å². The highest BCUT2D eigenvalue weighted by Crippen LogP contribution is 2.24. The Morgan fingerprint density at radius 2 is 1.66 bits per heavy atom. The number of nitro benzene ring substituents is 2. The molecule has 0 fully saturated rings. The van der Waals surface area contributed by atoms with Crippen LogP contribution >= 0.6 is 27.5 Å². The fraction of sp³-hybridized carbons (Fsp3) is 0.0435. The molecule has 0 unspecified atom stereocenters. The van der Waals surface area contributed by atoms with Gasteiger partial charge in [0.05, 0.1) is 20.4 Å². The first kappa shape index (κ1) is 25.5. The first-order valence-corrected chi connectivity index (χ1v) is 11.0. The normalized spacial score (nSPS) is 11.0. The van der Waals surface area contributed by atoms with Crippen LogP contribution in [-0.4, -0.2) is 21.7 Å². The standard InChI is InChI=1S/C23H16BrClN4O6/c1-13-9-15(5-7-19(13)24)26-23(31)21(11-14-3-2-4-16(10-14)28(32)33)27-22(30)18-12-17(29(34)35)6-8-20(18)25/h2-12H,1H3,(H,26,31)(H,27,30). The van der Waals surface area contributed by atoms with Gasteiger partial charge in [-0.2, -0.15) is 0 Å². The fourth-order valence-corrected chi connectivity index (χ4v) is 3.41. The minimum Gasteiger partial charge on any atom is -0.321 e. The van der Waals surface area contributed by atoms with E-state index in [1.54, 1.807) is 18.2 Å². The quantitative estimate of drug-likeness (QED) is 0.218. The van der Waals surface area contributed by atoms with Gasteiger partial charge in [0, 0.05) is 34.4 Å². The predicted octanol–water partition coefficient (Wildman–Crippen LogP) is 5.64. The zero-order valence-corrected chi connectivity index (χ0v) is 20.3.